The van der Waals surface area contributed by atoms with Crippen LogP contribution in [-0.4, -0.2) is 21.5 Å². The summed E-state index contributed by atoms with van der Waals surface area (Å²) >= 11 is 0. The zero-order valence-electron chi connectivity index (χ0n) is 10.2. The Bertz CT molecular complexity index is 585. The van der Waals surface area contributed by atoms with Crippen LogP contribution in [0, 0.1) is 6.92 Å². The predicted molar refractivity (Wildman–Crippen MR) is 67.3 cm³/mol. The highest BCUT2D eigenvalue weighted by molar-refractivity contribution is 6.46. The normalized spacial score (nSPS) is 10.1. The maximum Gasteiger partial charge on any atom is 0.297 e. The van der Waals surface area contributed by atoms with Gasteiger partial charge in [-0.3, -0.25) is 14.3 Å². The van der Waals surface area contributed by atoms with Gasteiger partial charge in [0.05, 0.1) is 0 Å². The van der Waals surface area contributed by atoms with E-state index in [9.17, 15) is 9.59 Å². The largest absolute Gasteiger partial charge is 0.302 e. The summed E-state index contributed by atoms with van der Waals surface area (Å²) in [6.07, 6.45) is 1.69. The molecule has 5 heteroatoms. The van der Waals surface area contributed by atoms with Crippen LogP contribution in [0.15, 0.2) is 36.5 Å². The van der Waals surface area contributed by atoms with Crippen LogP contribution in [0.25, 0.3) is 0 Å². The number of anilines is 1. The molecule has 0 fully saturated rings. The molecule has 0 bridgehead atoms. The summed E-state index contributed by atoms with van der Waals surface area (Å²) in [5, 5.41) is 6.43. The van der Waals surface area contributed by atoms with Crippen LogP contribution in [0.2, 0.25) is 0 Å². The summed E-state index contributed by atoms with van der Waals surface area (Å²) in [5.74, 6) is -0.888. The lowest BCUT2D eigenvalue weighted by Crippen LogP contribution is -2.23. The fourth-order valence-electron chi connectivity index (χ4n) is 1.49. The van der Waals surface area contributed by atoms with Crippen LogP contribution in [0.4, 0.5) is 5.82 Å². The Morgan fingerprint density at radius 1 is 1.17 bits per heavy atom. The van der Waals surface area contributed by atoms with Gasteiger partial charge in [-0.05, 0) is 6.92 Å². The first-order chi connectivity index (χ1) is 8.56. The molecule has 1 amide bonds. The summed E-state index contributed by atoms with van der Waals surface area (Å²) in [6.45, 7) is 1.92. The molecular formula is C13H13N3O2. The Kier molecular flexibility index (Phi) is 3.23. The first-order valence-electron chi connectivity index (χ1n) is 5.48. The third-order valence-corrected chi connectivity index (χ3v) is 2.48. The number of carbonyl (C=O) groups is 2. The summed E-state index contributed by atoms with van der Waals surface area (Å²) in [6, 6.07) is 8.48. The van der Waals surface area contributed by atoms with Gasteiger partial charge in [-0.1, -0.05) is 29.8 Å². The number of carbonyl (C=O) groups excluding carboxylic acids is 2. The van der Waals surface area contributed by atoms with Crippen molar-refractivity contribution >= 4 is 17.5 Å². The maximum absolute atomic E-state index is 11.8. The molecule has 0 radical (unpaired) electrons. The number of nitrogens with one attached hydrogen (secondary N) is 1. The second-order valence-corrected chi connectivity index (χ2v) is 4.02. The van der Waals surface area contributed by atoms with E-state index in [4.69, 9.17) is 0 Å². The molecule has 1 aromatic carbocycles. The lowest BCUT2D eigenvalue weighted by Gasteiger charge is -2.01. The summed E-state index contributed by atoms with van der Waals surface area (Å²) in [7, 11) is 1.73. The zero-order chi connectivity index (χ0) is 13.1. The molecule has 2 rings (SSSR count). The van der Waals surface area contributed by atoms with E-state index in [-0.39, 0.29) is 0 Å². The zero-order valence-corrected chi connectivity index (χ0v) is 10.2. The maximum atomic E-state index is 11.8. The fourth-order valence-corrected chi connectivity index (χ4v) is 1.49. The van der Waals surface area contributed by atoms with Crippen molar-refractivity contribution in [1.82, 2.24) is 9.78 Å². The van der Waals surface area contributed by atoms with Gasteiger partial charge in [-0.15, -0.1) is 0 Å². The van der Waals surface area contributed by atoms with Crippen molar-refractivity contribution < 1.29 is 9.59 Å². The van der Waals surface area contributed by atoms with Crippen molar-refractivity contribution in [2.24, 2.45) is 7.05 Å². The SMILES string of the molecule is Cc1ccc(C(=O)C(=O)Nc2ccn(C)n2)cc1. The second-order valence-electron chi connectivity index (χ2n) is 4.02. The standard InChI is InChI=1S/C13H13N3O2/c1-9-3-5-10(6-4-9)12(17)13(18)14-11-7-8-16(2)15-11/h3-8H,1-2H3,(H,14,15,18). The van der Waals surface area contributed by atoms with Crippen molar-refractivity contribution in [2.75, 3.05) is 5.32 Å². The second kappa shape index (κ2) is 4.83. The van der Waals surface area contributed by atoms with E-state index in [0.717, 1.165) is 5.56 Å². The van der Waals surface area contributed by atoms with Gasteiger partial charge in [-0.25, -0.2) is 0 Å². The van der Waals surface area contributed by atoms with Crippen LogP contribution < -0.4 is 5.32 Å². The molecule has 0 aliphatic rings. The van der Waals surface area contributed by atoms with E-state index in [1.807, 2.05) is 6.92 Å². The minimum atomic E-state index is -0.683. The van der Waals surface area contributed by atoms with Gasteiger partial charge in [0.1, 0.15) is 0 Å². The lowest BCUT2D eigenvalue weighted by atomic mass is 10.1. The molecule has 1 N–H and O–H groups in total. The first kappa shape index (κ1) is 12.0. The Morgan fingerprint density at radius 2 is 1.83 bits per heavy atom. The van der Waals surface area contributed by atoms with Gasteiger partial charge < -0.3 is 5.32 Å². The van der Waals surface area contributed by atoms with Gasteiger partial charge in [0.2, 0.25) is 0 Å². The number of hydrogen-bond donors (Lipinski definition) is 1. The third kappa shape index (κ3) is 2.63. The average Bonchev–Trinajstić information content (AvgIpc) is 2.75. The molecule has 0 spiro atoms. The van der Waals surface area contributed by atoms with Crippen molar-refractivity contribution in [3.05, 3.63) is 47.7 Å². The topological polar surface area (TPSA) is 64.0 Å². The number of nitrogens with zero attached hydrogens (tertiary/aromatic N) is 2. The number of aryl methyl sites for hydroxylation is 2. The van der Waals surface area contributed by atoms with E-state index in [0.29, 0.717) is 11.4 Å². The Labute approximate surface area is 104 Å². The van der Waals surface area contributed by atoms with Crippen LogP contribution in [0.5, 0.6) is 0 Å². The Morgan fingerprint density at radius 3 is 2.39 bits per heavy atom. The smallest absolute Gasteiger partial charge is 0.297 e. The van der Waals surface area contributed by atoms with Gasteiger partial charge in [0.15, 0.2) is 5.82 Å². The van der Waals surface area contributed by atoms with Gasteiger partial charge in [0.25, 0.3) is 11.7 Å². The molecule has 0 unspecified atom stereocenters. The summed E-state index contributed by atoms with van der Waals surface area (Å²) in [4.78, 5) is 23.5. The van der Waals surface area contributed by atoms with Gasteiger partial charge in [0, 0.05) is 24.9 Å². The highest BCUT2D eigenvalue weighted by Crippen LogP contribution is 2.06. The molecule has 0 saturated heterocycles. The molecule has 92 valence electrons. The molecule has 0 aliphatic carbocycles. The summed E-state index contributed by atoms with van der Waals surface area (Å²) in [5.41, 5.74) is 1.41. The molecule has 0 saturated carbocycles. The number of Topliss-reactive ketones (excluding diaryl/α,β-unsaturated/α-hetero) is 1. The van der Waals surface area contributed by atoms with E-state index in [2.05, 4.69) is 10.4 Å². The summed E-state index contributed by atoms with van der Waals surface area (Å²) < 4.78 is 1.55. The van der Waals surface area contributed by atoms with Crippen LogP contribution in [0.3, 0.4) is 0 Å². The number of hydrogen-bond acceptors (Lipinski definition) is 3. The number of rotatable bonds is 3. The Hall–Kier alpha value is -2.43. The van der Waals surface area contributed by atoms with Gasteiger partial charge in [-0.2, -0.15) is 5.10 Å². The van der Waals surface area contributed by atoms with E-state index < -0.39 is 11.7 Å². The minimum Gasteiger partial charge on any atom is -0.302 e. The molecule has 2 aromatic rings. The molecule has 1 heterocycles. The first-order valence-corrected chi connectivity index (χ1v) is 5.48. The highest BCUT2D eigenvalue weighted by Gasteiger charge is 2.16. The minimum absolute atomic E-state index is 0.364. The van der Waals surface area contributed by atoms with Crippen molar-refractivity contribution in [2.45, 2.75) is 6.92 Å². The number of amides is 1. The van der Waals surface area contributed by atoms with Crippen molar-refractivity contribution in [3.8, 4) is 0 Å². The average molecular weight is 243 g/mol. The number of ketones is 1. The fraction of sp³-hybridized carbons (Fsp3) is 0.154. The van der Waals surface area contributed by atoms with Crippen LogP contribution >= 0.6 is 0 Å². The molecule has 0 atom stereocenters. The predicted octanol–water partition coefficient (Wildman–Crippen LogP) is 1.55. The molecule has 5 nitrogen and oxygen atoms in total. The molecule has 0 aliphatic heterocycles. The highest BCUT2D eigenvalue weighted by atomic mass is 16.2. The van der Waals surface area contributed by atoms with E-state index >= 15 is 0 Å². The quantitative estimate of drug-likeness (QED) is 0.657. The molecule has 18 heavy (non-hydrogen) atoms. The van der Waals surface area contributed by atoms with Crippen molar-refractivity contribution in [3.63, 3.8) is 0 Å². The van der Waals surface area contributed by atoms with Crippen molar-refractivity contribution in [1.29, 1.82) is 0 Å². The molecule has 1 aromatic heterocycles. The number of benzene rings is 1. The van der Waals surface area contributed by atoms with Crippen LogP contribution in [-0.2, 0) is 11.8 Å². The van der Waals surface area contributed by atoms with Gasteiger partial charge >= 0.3 is 0 Å². The van der Waals surface area contributed by atoms with E-state index in [1.54, 1.807) is 48.3 Å². The number of aromatic nitrogens is 2. The van der Waals surface area contributed by atoms with Crippen LogP contribution in [0.1, 0.15) is 15.9 Å². The third-order valence-electron chi connectivity index (χ3n) is 2.48. The Balaban J connectivity index is 2.09. The van der Waals surface area contributed by atoms with E-state index in [1.165, 1.54) is 0 Å². The monoisotopic (exact) mass is 243 g/mol. The molecular weight excluding hydrogens is 230 g/mol. The lowest BCUT2D eigenvalue weighted by molar-refractivity contribution is -0.112.